The van der Waals surface area contributed by atoms with Gasteiger partial charge in [-0.05, 0) is 51.8 Å². The fourth-order valence-electron chi connectivity index (χ4n) is 7.00. The Hall–Kier alpha value is -4.08. The highest BCUT2D eigenvalue weighted by molar-refractivity contribution is 6.02. The highest BCUT2D eigenvalue weighted by atomic mass is 19.3. The second-order valence-corrected chi connectivity index (χ2v) is 12.7. The Kier molecular flexibility index (Phi) is 10.6. The molecule has 2 N–H and O–H groups in total. The number of nitrogens with zero attached hydrogens (tertiary/aromatic N) is 7. The van der Waals surface area contributed by atoms with Crippen LogP contribution in [0.1, 0.15) is 38.2 Å². The summed E-state index contributed by atoms with van der Waals surface area (Å²) in [5, 5.41) is 5.90. The molecular weight excluding hydrogens is 624 g/mol. The normalized spacial score (nSPS) is 20.2. The van der Waals surface area contributed by atoms with Gasteiger partial charge in [-0.25, -0.2) is 9.78 Å². The van der Waals surface area contributed by atoms with Crippen LogP contribution >= 0.6 is 0 Å². The molecule has 4 aliphatic rings. The molecule has 0 radical (unpaired) electrons. The fraction of sp³-hybridized carbons (Fsp3) is 0.576. The Morgan fingerprint density at radius 2 is 1.81 bits per heavy atom. The van der Waals surface area contributed by atoms with E-state index >= 15 is 0 Å². The summed E-state index contributed by atoms with van der Waals surface area (Å²) < 4.78 is 38.2. The second kappa shape index (κ2) is 15.0. The van der Waals surface area contributed by atoms with E-state index in [-0.39, 0.29) is 29.5 Å². The van der Waals surface area contributed by atoms with E-state index in [9.17, 15) is 18.4 Å². The average Bonchev–Trinajstić information content (AvgIpc) is 3.09. The van der Waals surface area contributed by atoms with Gasteiger partial charge in [0.1, 0.15) is 5.82 Å². The fourth-order valence-corrected chi connectivity index (χ4v) is 7.00. The van der Waals surface area contributed by atoms with Gasteiger partial charge in [0.05, 0.1) is 23.6 Å². The van der Waals surface area contributed by atoms with Gasteiger partial charge in [0.15, 0.2) is 5.75 Å². The molecule has 3 amide bonds. The molecule has 0 bridgehead atoms. The van der Waals surface area contributed by atoms with Crippen LogP contribution in [0.15, 0.2) is 31.0 Å². The van der Waals surface area contributed by atoms with E-state index in [1.807, 2.05) is 6.92 Å². The Morgan fingerprint density at radius 1 is 1.08 bits per heavy atom. The van der Waals surface area contributed by atoms with E-state index in [0.717, 1.165) is 50.7 Å². The molecule has 0 unspecified atom stereocenters. The largest absolute Gasteiger partial charge is 0.433 e. The summed E-state index contributed by atoms with van der Waals surface area (Å²) in [6, 6.07) is 3.29. The lowest BCUT2D eigenvalue weighted by Crippen LogP contribution is -2.53. The molecule has 48 heavy (non-hydrogen) atoms. The van der Waals surface area contributed by atoms with E-state index in [0.29, 0.717) is 75.5 Å². The number of carbonyl (C=O) groups excluding carboxylic acids is 2. The van der Waals surface area contributed by atoms with Crippen LogP contribution in [0.4, 0.5) is 42.4 Å². The number of hydrogen-bond acceptors (Lipinski definition) is 10. The van der Waals surface area contributed by atoms with Crippen molar-refractivity contribution in [3.63, 3.8) is 0 Å². The monoisotopic (exact) mass is 669 g/mol. The molecule has 15 heteroatoms. The van der Waals surface area contributed by atoms with Crippen LogP contribution < -0.4 is 25.2 Å². The van der Waals surface area contributed by atoms with Gasteiger partial charge in [-0.15, -0.1) is 0 Å². The maximum absolute atomic E-state index is 13.8. The summed E-state index contributed by atoms with van der Waals surface area (Å²) in [6.07, 6.45) is 5.96. The number of rotatable bonds is 10. The van der Waals surface area contributed by atoms with E-state index in [2.05, 4.69) is 43.9 Å². The van der Waals surface area contributed by atoms with Crippen molar-refractivity contribution < 1.29 is 27.8 Å². The van der Waals surface area contributed by atoms with Crippen molar-refractivity contribution in [3.8, 4) is 5.75 Å². The number of piperidine rings is 1. The van der Waals surface area contributed by atoms with Crippen molar-refractivity contribution in [3.05, 3.63) is 36.5 Å². The zero-order valence-corrected chi connectivity index (χ0v) is 27.7. The third kappa shape index (κ3) is 7.47. The Labute approximate surface area is 279 Å². The zero-order chi connectivity index (χ0) is 33.8. The number of fused-ring (bicyclic) bond motifs is 1. The molecule has 5 heterocycles. The van der Waals surface area contributed by atoms with Gasteiger partial charge >= 0.3 is 12.6 Å². The van der Waals surface area contributed by atoms with Crippen LogP contribution in [0.5, 0.6) is 5.75 Å². The minimum atomic E-state index is -3.10. The number of anilines is 5. The number of amides is 3. The molecule has 3 saturated heterocycles. The smallest absolute Gasteiger partial charge is 0.387 e. The highest BCUT2D eigenvalue weighted by Crippen LogP contribution is 2.41. The Morgan fingerprint density at radius 3 is 2.48 bits per heavy atom. The van der Waals surface area contributed by atoms with Crippen LogP contribution in [0, 0.1) is 0 Å². The number of ether oxygens (including phenoxy) is 2. The molecule has 6 rings (SSSR count). The van der Waals surface area contributed by atoms with Gasteiger partial charge in [-0.3, -0.25) is 14.6 Å². The van der Waals surface area contributed by atoms with Crippen molar-refractivity contribution in [1.29, 1.82) is 0 Å². The summed E-state index contributed by atoms with van der Waals surface area (Å²) >= 11 is 0. The lowest BCUT2D eigenvalue weighted by atomic mass is 10.0. The topological polar surface area (TPSA) is 119 Å². The number of aromatic nitrogens is 2. The van der Waals surface area contributed by atoms with Crippen molar-refractivity contribution in [2.45, 2.75) is 57.8 Å². The molecule has 4 aliphatic heterocycles. The van der Waals surface area contributed by atoms with Gasteiger partial charge < -0.3 is 34.8 Å². The first-order valence-corrected chi connectivity index (χ1v) is 16.8. The van der Waals surface area contributed by atoms with Crippen LogP contribution in [0.25, 0.3) is 0 Å². The third-order valence-corrected chi connectivity index (χ3v) is 9.71. The van der Waals surface area contributed by atoms with Crippen LogP contribution in [0.3, 0.4) is 0 Å². The molecule has 0 atom stereocenters. The number of piperazine rings is 1. The molecule has 0 aliphatic carbocycles. The number of likely N-dealkylation sites (N-methyl/N-ethyl adjacent to an activating group) is 1. The van der Waals surface area contributed by atoms with Crippen molar-refractivity contribution >= 4 is 40.8 Å². The Balaban J connectivity index is 1.30. The SMILES string of the molecule is C=CC(=O)Nc1cc(Nc2ncc3c(n2)N(C2CCOCC2)C(=O)N(CC)C3)c(OC(F)F)cc1N1CCC(N2CCN(C)CC2)CC1. The lowest BCUT2D eigenvalue weighted by Gasteiger charge is -2.43. The van der Waals surface area contributed by atoms with Gasteiger partial charge in [0.2, 0.25) is 11.9 Å². The number of hydrogen-bond donors (Lipinski definition) is 2. The van der Waals surface area contributed by atoms with Crippen LogP contribution in [-0.4, -0.2) is 121 Å². The number of carbonyl (C=O) groups is 2. The van der Waals surface area contributed by atoms with Crippen LogP contribution in [-0.2, 0) is 16.1 Å². The number of alkyl halides is 2. The number of nitrogens with one attached hydrogen (secondary N) is 2. The second-order valence-electron chi connectivity index (χ2n) is 12.7. The van der Waals surface area contributed by atoms with E-state index < -0.39 is 12.5 Å². The zero-order valence-electron chi connectivity index (χ0n) is 27.7. The number of benzene rings is 1. The summed E-state index contributed by atoms with van der Waals surface area (Å²) in [5.41, 5.74) is 1.91. The van der Waals surface area contributed by atoms with Crippen molar-refractivity contribution in [1.82, 2.24) is 24.7 Å². The predicted molar refractivity (Wildman–Crippen MR) is 179 cm³/mol. The van der Waals surface area contributed by atoms with Gasteiger partial charge in [-0.1, -0.05) is 6.58 Å². The summed E-state index contributed by atoms with van der Waals surface area (Å²) in [5.74, 6) is 0.0247. The van der Waals surface area contributed by atoms with Gasteiger partial charge in [-0.2, -0.15) is 13.8 Å². The maximum atomic E-state index is 13.8. The first-order chi connectivity index (χ1) is 23.2. The summed E-state index contributed by atoms with van der Waals surface area (Å²) in [7, 11) is 2.14. The van der Waals surface area contributed by atoms with Gasteiger partial charge in [0.25, 0.3) is 0 Å². The third-order valence-electron chi connectivity index (χ3n) is 9.71. The minimum absolute atomic E-state index is 0.0970. The number of halogens is 2. The summed E-state index contributed by atoms with van der Waals surface area (Å²) in [6.45, 7) is 9.89. The van der Waals surface area contributed by atoms with Crippen molar-refractivity contribution in [2.24, 2.45) is 0 Å². The van der Waals surface area contributed by atoms with E-state index in [1.54, 1.807) is 22.1 Å². The molecule has 1 aromatic heterocycles. The first-order valence-electron chi connectivity index (χ1n) is 16.8. The highest BCUT2D eigenvalue weighted by Gasteiger charge is 2.37. The lowest BCUT2D eigenvalue weighted by molar-refractivity contribution is -0.111. The van der Waals surface area contributed by atoms with E-state index in [4.69, 9.17) is 14.5 Å². The first kappa shape index (κ1) is 33.8. The molecule has 260 valence electrons. The molecular formula is C33H45F2N9O4. The predicted octanol–water partition coefficient (Wildman–Crippen LogP) is 4.10. The molecule has 2 aromatic rings. The average molecular weight is 670 g/mol. The van der Waals surface area contributed by atoms with Gasteiger partial charge in [0, 0.05) is 88.9 Å². The van der Waals surface area contributed by atoms with E-state index in [1.165, 1.54) is 6.07 Å². The molecule has 3 fully saturated rings. The molecule has 13 nitrogen and oxygen atoms in total. The standard InChI is InChI=1S/C33H45F2N9O4/c1-4-29(45)37-25-18-26(28(48-31(34)35)19-27(25)43-10-6-23(7-11-43)42-14-12-40(3)13-15-42)38-32-36-20-22-21-41(5-2)33(46)44(30(22)39-32)24-8-16-47-17-9-24/h4,18-20,23-24,31H,1,5-17,21H2,2-3H3,(H,37,45)(H,36,38,39). The molecule has 1 aromatic carbocycles. The molecule has 0 saturated carbocycles. The van der Waals surface area contributed by atoms with Crippen LogP contribution in [0.2, 0.25) is 0 Å². The van der Waals surface area contributed by atoms with Crippen molar-refractivity contribution in [2.75, 3.05) is 86.5 Å². The number of urea groups is 1. The minimum Gasteiger partial charge on any atom is -0.433 e. The Bertz CT molecular complexity index is 1480. The quantitative estimate of drug-likeness (QED) is 0.358. The maximum Gasteiger partial charge on any atom is 0.387 e. The summed E-state index contributed by atoms with van der Waals surface area (Å²) in [4.78, 5) is 45.7. The molecule has 0 spiro atoms.